The van der Waals surface area contributed by atoms with E-state index in [1.165, 1.54) is 0 Å². The van der Waals surface area contributed by atoms with Crippen molar-refractivity contribution in [3.63, 3.8) is 0 Å². The molecule has 0 fully saturated rings. The van der Waals surface area contributed by atoms with Crippen molar-refractivity contribution < 1.29 is 19.0 Å². The largest absolute Gasteiger partial charge is 0.493 e. The lowest BCUT2D eigenvalue weighted by Gasteiger charge is -2.24. The maximum Gasteiger partial charge on any atom is 0.222 e. The fourth-order valence-electron chi connectivity index (χ4n) is 3.16. The molecule has 1 unspecified atom stereocenters. The molecule has 0 saturated carbocycles. The molecular weight excluding hydrogens is 330 g/mol. The second-order valence-electron chi connectivity index (χ2n) is 5.88. The fraction of sp³-hybridized carbons (Fsp3) is 0.143. The summed E-state index contributed by atoms with van der Waals surface area (Å²) < 4.78 is 16.6. The van der Waals surface area contributed by atoms with Crippen LogP contribution in [-0.4, -0.2) is 26.4 Å². The number of ether oxygens (including phenoxy) is 3. The Bertz CT molecular complexity index is 1020. The van der Waals surface area contributed by atoms with Crippen LogP contribution in [-0.2, 0) is 9.53 Å². The predicted octanol–water partition coefficient (Wildman–Crippen LogP) is 4.21. The molecule has 0 aliphatic carbocycles. The smallest absolute Gasteiger partial charge is 0.222 e. The Balaban J connectivity index is 1.91. The van der Waals surface area contributed by atoms with Gasteiger partial charge in [0, 0.05) is 17.2 Å². The first kappa shape index (κ1) is 16.1. The van der Waals surface area contributed by atoms with Crippen LogP contribution in [0.3, 0.4) is 0 Å². The zero-order valence-corrected chi connectivity index (χ0v) is 14.4. The Kier molecular flexibility index (Phi) is 4.05. The highest BCUT2D eigenvalue weighted by molar-refractivity contribution is 6.09. The Hall–Kier alpha value is -3.34. The third-order valence-electron chi connectivity index (χ3n) is 4.44. The maximum atomic E-state index is 11.7. The van der Waals surface area contributed by atoms with E-state index < -0.39 is 6.10 Å². The maximum absolute atomic E-state index is 11.7. The third kappa shape index (κ3) is 2.58. The minimum Gasteiger partial charge on any atom is -0.493 e. The second kappa shape index (κ2) is 6.52. The quantitative estimate of drug-likeness (QED) is 0.664. The van der Waals surface area contributed by atoms with Crippen LogP contribution in [0.2, 0.25) is 0 Å². The van der Waals surface area contributed by atoms with Crippen molar-refractivity contribution in [1.82, 2.24) is 0 Å². The number of benzene rings is 3. The fourth-order valence-corrected chi connectivity index (χ4v) is 3.16. The number of hydrogen-bond acceptors (Lipinski definition) is 5. The standard InChI is InChI=1S/C21H17NO4/c1-24-18-10-16-17(11-19(18)25-2)22-21(26-20(16)12-23)15-9-5-7-13-6-3-4-8-14(13)15/h3-12,20H,1-2H3. The molecule has 4 rings (SSSR count). The van der Waals surface area contributed by atoms with Crippen molar-refractivity contribution in [2.45, 2.75) is 6.10 Å². The minimum atomic E-state index is -0.753. The van der Waals surface area contributed by atoms with Crippen LogP contribution in [0.4, 0.5) is 5.69 Å². The molecule has 26 heavy (non-hydrogen) atoms. The molecule has 3 aromatic rings. The first-order valence-electron chi connectivity index (χ1n) is 8.20. The first-order chi connectivity index (χ1) is 12.7. The van der Waals surface area contributed by atoms with E-state index in [1.54, 1.807) is 26.4 Å². The van der Waals surface area contributed by atoms with E-state index in [2.05, 4.69) is 4.99 Å². The van der Waals surface area contributed by atoms with Crippen LogP contribution in [0.15, 0.2) is 59.6 Å². The highest BCUT2D eigenvalue weighted by atomic mass is 16.5. The Morgan fingerprint density at radius 3 is 2.50 bits per heavy atom. The molecule has 0 spiro atoms. The van der Waals surface area contributed by atoms with Crippen molar-refractivity contribution >= 4 is 28.6 Å². The third-order valence-corrected chi connectivity index (χ3v) is 4.44. The summed E-state index contributed by atoms with van der Waals surface area (Å²) in [5, 5.41) is 2.10. The van der Waals surface area contributed by atoms with E-state index >= 15 is 0 Å². The van der Waals surface area contributed by atoms with Gasteiger partial charge in [-0.05, 0) is 22.9 Å². The van der Waals surface area contributed by atoms with Crippen LogP contribution in [0.25, 0.3) is 10.8 Å². The molecule has 0 N–H and O–H groups in total. The summed E-state index contributed by atoms with van der Waals surface area (Å²) in [7, 11) is 3.12. The summed E-state index contributed by atoms with van der Waals surface area (Å²) in [5.74, 6) is 1.50. The molecule has 3 aromatic carbocycles. The van der Waals surface area contributed by atoms with Gasteiger partial charge in [-0.25, -0.2) is 4.99 Å². The molecule has 0 radical (unpaired) electrons. The Morgan fingerprint density at radius 1 is 1.00 bits per heavy atom. The number of carbonyl (C=O) groups excluding carboxylic acids is 1. The van der Waals surface area contributed by atoms with Crippen molar-refractivity contribution in [1.29, 1.82) is 0 Å². The normalized spacial score (nSPS) is 15.6. The van der Waals surface area contributed by atoms with Gasteiger partial charge < -0.3 is 14.2 Å². The summed E-state index contributed by atoms with van der Waals surface area (Å²) in [5.41, 5.74) is 2.13. The number of aldehydes is 1. The van der Waals surface area contributed by atoms with Gasteiger partial charge in [0.15, 0.2) is 23.9 Å². The number of fused-ring (bicyclic) bond motifs is 2. The Labute approximate surface area is 150 Å². The molecule has 1 aliphatic heterocycles. The van der Waals surface area contributed by atoms with Gasteiger partial charge in [-0.3, -0.25) is 4.79 Å². The van der Waals surface area contributed by atoms with E-state index in [0.717, 1.165) is 22.6 Å². The van der Waals surface area contributed by atoms with Gasteiger partial charge in [-0.2, -0.15) is 0 Å². The van der Waals surface area contributed by atoms with Crippen molar-refractivity contribution in [2.75, 3.05) is 14.2 Å². The van der Waals surface area contributed by atoms with Gasteiger partial charge in [0.1, 0.15) is 0 Å². The molecular formula is C21H17NO4. The van der Waals surface area contributed by atoms with Crippen LogP contribution in [0.5, 0.6) is 11.5 Å². The van der Waals surface area contributed by atoms with E-state index in [9.17, 15) is 4.79 Å². The van der Waals surface area contributed by atoms with E-state index in [0.29, 0.717) is 28.6 Å². The van der Waals surface area contributed by atoms with Crippen LogP contribution >= 0.6 is 0 Å². The van der Waals surface area contributed by atoms with Crippen molar-refractivity contribution in [3.05, 3.63) is 65.7 Å². The molecule has 1 aliphatic rings. The lowest BCUT2D eigenvalue weighted by atomic mass is 10.0. The second-order valence-corrected chi connectivity index (χ2v) is 5.88. The highest BCUT2D eigenvalue weighted by Crippen LogP contribution is 2.41. The van der Waals surface area contributed by atoms with E-state index in [1.807, 2.05) is 42.5 Å². The zero-order valence-electron chi connectivity index (χ0n) is 14.4. The first-order valence-corrected chi connectivity index (χ1v) is 8.20. The van der Waals surface area contributed by atoms with Gasteiger partial charge in [-0.15, -0.1) is 0 Å². The number of nitrogens with zero attached hydrogens (tertiary/aromatic N) is 1. The topological polar surface area (TPSA) is 57.1 Å². The summed E-state index contributed by atoms with van der Waals surface area (Å²) >= 11 is 0. The highest BCUT2D eigenvalue weighted by Gasteiger charge is 2.27. The van der Waals surface area contributed by atoms with E-state index in [4.69, 9.17) is 14.2 Å². The monoisotopic (exact) mass is 347 g/mol. The molecule has 130 valence electrons. The number of rotatable bonds is 4. The average molecular weight is 347 g/mol. The van der Waals surface area contributed by atoms with Crippen LogP contribution in [0, 0.1) is 0 Å². The van der Waals surface area contributed by atoms with Gasteiger partial charge in [0.2, 0.25) is 5.90 Å². The lowest BCUT2D eigenvalue weighted by Crippen LogP contribution is -2.18. The lowest BCUT2D eigenvalue weighted by molar-refractivity contribution is -0.114. The predicted molar refractivity (Wildman–Crippen MR) is 99.6 cm³/mol. The number of carbonyl (C=O) groups is 1. The number of hydrogen-bond donors (Lipinski definition) is 0. The average Bonchev–Trinajstić information content (AvgIpc) is 2.71. The molecule has 0 saturated heterocycles. The minimum absolute atomic E-state index is 0.415. The molecule has 0 amide bonds. The number of aliphatic imine (C=N–C) groups is 1. The van der Waals surface area contributed by atoms with Crippen LogP contribution in [0.1, 0.15) is 17.2 Å². The molecule has 0 bridgehead atoms. The van der Waals surface area contributed by atoms with Gasteiger partial charge >= 0.3 is 0 Å². The number of methoxy groups -OCH3 is 2. The summed E-state index contributed by atoms with van der Waals surface area (Å²) in [6, 6.07) is 17.4. The summed E-state index contributed by atoms with van der Waals surface area (Å²) in [6.07, 6.45) is 0.0150. The molecule has 5 heteroatoms. The van der Waals surface area contributed by atoms with Gasteiger partial charge in [0.25, 0.3) is 0 Å². The SMILES string of the molecule is COc1cc2c(cc1OC)C(C=O)OC(c1cccc3ccccc13)=N2. The van der Waals surface area contributed by atoms with Crippen LogP contribution < -0.4 is 9.47 Å². The van der Waals surface area contributed by atoms with Crippen molar-refractivity contribution in [2.24, 2.45) is 4.99 Å². The molecule has 0 aromatic heterocycles. The Morgan fingerprint density at radius 2 is 1.73 bits per heavy atom. The van der Waals surface area contributed by atoms with Gasteiger partial charge in [-0.1, -0.05) is 36.4 Å². The summed E-state index contributed by atoms with van der Waals surface area (Å²) in [6.45, 7) is 0. The van der Waals surface area contributed by atoms with Crippen molar-refractivity contribution in [3.8, 4) is 11.5 Å². The van der Waals surface area contributed by atoms with Gasteiger partial charge in [0.05, 0.1) is 19.9 Å². The molecule has 1 atom stereocenters. The zero-order chi connectivity index (χ0) is 18.1. The summed E-state index contributed by atoms with van der Waals surface area (Å²) in [4.78, 5) is 16.3. The van der Waals surface area contributed by atoms with E-state index in [-0.39, 0.29) is 0 Å². The molecule has 5 nitrogen and oxygen atoms in total. The molecule has 1 heterocycles.